The number of anilines is 3. The quantitative estimate of drug-likeness (QED) is 0.391. The third-order valence-corrected chi connectivity index (χ3v) is 6.35. The summed E-state index contributed by atoms with van der Waals surface area (Å²) in [6, 6.07) is 17.8. The molecule has 0 aliphatic heterocycles. The van der Waals surface area contributed by atoms with Crippen LogP contribution in [-0.4, -0.2) is 34.8 Å². The Morgan fingerprint density at radius 2 is 1.76 bits per heavy atom. The van der Waals surface area contributed by atoms with E-state index in [4.69, 9.17) is 0 Å². The minimum atomic E-state index is -2.24. The van der Waals surface area contributed by atoms with Gasteiger partial charge in [0.2, 0.25) is 0 Å². The van der Waals surface area contributed by atoms with Gasteiger partial charge in [0.1, 0.15) is 25.1 Å². The van der Waals surface area contributed by atoms with E-state index in [-0.39, 0.29) is 0 Å². The Kier molecular flexibility index (Phi) is 5.36. The number of hydrogen-bond donors (Lipinski definition) is 3. The third kappa shape index (κ3) is 4.66. The summed E-state index contributed by atoms with van der Waals surface area (Å²) in [7, 11) is -2.24. The number of aromatic amines is 1. The molecule has 148 valence electrons. The lowest BCUT2D eigenvalue weighted by Crippen LogP contribution is -2.07. The fraction of sp³-hybridized carbons (Fsp3) is 0.182. The molecule has 7 heteroatoms. The van der Waals surface area contributed by atoms with E-state index in [0.717, 1.165) is 35.3 Å². The smallest absolute Gasteiger partial charge is 0.135 e. The second kappa shape index (κ2) is 8.10. The Balaban J connectivity index is 1.38. The van der Waals surface area contributed by atoms with Crippen LogP contribution in [0, 0.1) is 0 Å². The van der Waals surface area contributed by atoms with Crippen molar-refractivity contribution in [1.82, 2.24) is 15.0 Å². The number of rotatable bonds is 7. The average molecular weight is 405 g/mol. The molecule has 0 unspecified atom stereocenters. The van der Waals surface area contributed by atoms with E-state index in [9.17, 15) is 4.57 Å². The second-order valence-corrected chi connectivity index (χ2v) is 10.6. The van der Waals surface area contributed by atoms with Crippen molar-refractivity contribution in [1.29, 1.82) is 0 Å². The number of hydrogen-bond acceptors (Lipinski definition) is 5. The largest absolute Gasteiger partial charge is 0.370 e. The Labute approximate surface area is 170 Å². The Hall–Kier alpha value is -3.11. The lowest BCUT2D eigenvalue weighted by atomic mass is 10.1. The number of nitrogens with zero attached hydrogens (tertiary/aromatic N) is 2. The first-order valence-corrected chi connectivity index (χ1v) is 12.1. The molecule has 29 heavy (non-hydrogen) atoms. The van der Waals surface area contributed by atoms with E-state index in [0.29, 0.717) is 5.82 Å². The number of benzene rings is 2. The fourth-order valence-corrected chi connectivity index (χ4v) is 4.10. The molecule has 4 aromatic rings. The molecule has 0 bridgehead atoms. The molecule has 0 fully saturated rings. The molecule has 6 nitrogen and oxygen atoms in total. The molecule has 0 saturated heterocycles. The van der Waals surface area contributed by atoms with Gasteiger partial charge in [-0.1, -0.05) is 18.2 Å². The molecule has 0 aliphatic carbocycles. The summed E-state index contributed by atoms with van der Waals surface area (Å²) in [4.78, 5) is 11.9. The summed E-state index contributed by atoms with van der Waals surface area (Å²) in [6.45, 7) is 4.32. The second-order valence-electron chi connectivity index (χ2n) is 7.35. The fourth-order valence-electron chi connectivity index (χ4n) is 3.24. The van der Waals surface area contributed by atoms with Crippen LogP contribution in [0.1, 0.15) is 5.56 Å². The van der Waals surface area contributed by atoms with Gasteiger partial charge < -0.3 is 20.2 Å². The zero-order chi connectivity index (χ0) is 20.3. The van der Waals surface area contributed by atoms with Crippen LogP contribution in [0.3, 0.4) is 0 Å². The molecule has 4 rings (SSSR count). The van der Waals surface area contributed by atoms with Crippen molar-refractivity contribution < 1.29 is 4.57 Å². The first-order chi connectivity index (χ1) is 14.0. The molecule has 0 spiro atoms. The highest BCUT2D eigenvalue weighted by atomic mass is 31.2. The summed E-state index contributed by atoms with van der Waals surface area (Å²) in [6.07, 6.45) is 4.50. The summed E-state index contributed by atoms with van der Waals surface area (Å²) < 4.78 is 12.1. The van der Waals surface area contributed by atoms with Gasteiger partial charge in [0, 0.05) is 40.7 Å². The minimum Gasteiger partial charge on any atom is -0.370 e. The van der Waals surface area contributed by atoms with Crippen LogP contribution < -0.4 is 15.9 Å². The van der Waals surface area contributed by atoms with Gasteiger partial charge in [-0.05, 0) is 55.6 Å². The van der Waals surface area contributed by atoms with Gasteiger partial charge in [0.15, 0.2) is 0 Å². The summed E-state index contributed by atoms with van der Waals surface area (Å²) >= 11 is 0. The first-order valence-electron chi connectivity index (χ1n) is 9.52. The van der Waals surface area contributed by atoms with Crippen molar-refractivity contribution >= 4 is 40.7 Å². The van der Waals surface area contributed by atoms with E-state index >= 15 is 0 Å². The van der Waals surface area contributed by atoms with Gasteiger partial charge in [-0.2, -0.15) is 0 Å². The molecule has 0 radical (unpaired) electrons. The molecule has 0 atom stereocenters. The van der Waals surface area contributed by atoms with Crippen LogP contribution in [-0.2, 0) is 11.0 Å². The molecule has 2 heterocycles. The lowest BCUT2D eigenvalue weighted by molar-refractivity contribution is 0.588. The predicted octanol–water partition coefficient (Wildman–Crippen LogP) is 4.60. The monoisotopic (exact) mass is 405 g/mol. The number of fused-ring (bicyclic) bond motifs is 1. The topological polar surface area (TPSA) is 82.7 Å². The minimum absolute atomic E-state index is 0.707. The van der Waals surface area contributed by atoms with E-state index < -0.39 is 7.14 Å². The van der Waals surface area contributed by atoms with Gasteiger partial charge >= 0.3 is 0 Å². The number of aromatic nitrogens is 3. The average Bonchev–Trinajstić information content (AvgIpc) is 3.11. The maximum absolute atomic E-state index is 12.1. The maximum Gasteiger partial charge on any atom is 0.135 e. The van der Waals surface area contributed by atoms with E-state index in [1.54, 1.807) is 13.3 Å². The Morgan fingerprint density at radius 1 is 1.00 bits per heavy atom. The lowest BCUT2D eigenvalue weighted by Gasteiger charge is -2.10. The Morgan fingerprint density at radius 3 is 2.55 bits per heavy atom. The van der Waals surface area contributed by atoms with E-state index in [1.165, 1.54) is 17.3 Å². The van der Waals surface area contributed by atoms with Crippen LogP contribution in [0.15, 0.2) is 67.1 Å². The zero-order valence-corrected chi connectivity index (χ0v) is 17.4. The number of nitrogens with one attached hydrogen (secondary N) is 3. The van der Waals surface area contributed by atoms with Crippen molar-refractivity contribution in [3.8, 4) is 0 Å². The molecule has 2 aromatic heterocycles. The molecule has 0 amide bonds. The van der Waals surface area contributed by atoms with Gasteiger partial charge in [0.25, 0.3) is 0 Å². The molecule has 0 saturated carbocycles. The predicted molar refractivity (Wildman–Crippen MR) is 121 cm³/mol. The zero-order valence-electron chi connectivity index (χ0n) is 16.5. The first kappa shape index (κ1) is 19.2. The highest BCUT2D eigenvalue weighted by Crippen LogP contribution is 2.34. The van der Waals surface area contributed by atoms with Crippen LogP contribution in [0.2, 0.25) is 0 Å². The maximum atomic E-state index is 12.1. The molecule has 3 N–H and O–H groups in total. The SMILES string of the molecule is CP(C)(=O)c1ccc(Nc2cc(NCCc3c[nH]c4ccccc34)ncn2)cc1. The summed E-state index contributed by atoms with van der Waals surface area (Å²) in [5, 5.41) is 8.75. The standard InChI is InChI=1S/C22H24N5OP/c1-29(2,28)18-9-7-17(8-10-18)27-22-13-21(25-15-26-22)23-12-11-16-14-24-20-6-4-3-5-19(16)20/h3-10,13-15,24H,11-12H2,1-2H3,(H2,23,25,26,27). The third-order valence-electron chi connectivity index (χ3n) is 4.80. The van der Waals surface area contributed by atoms with E-state index in [2.05, 4.69) is 50.0 Å². The van der Waals surface area contributed by atoms with Crippen molar-refractivity contribution in [2.75, 3.05) is 30.5 Å². The van der Waals surface area contributed by atoms with Gasteiger partial charge in [-0.25, -0.2) is 9.97 Å². The van der Waals surface area contributed by atoms with Crippen molar-refractivity contribution in [2.45, 2.75) is 6.42 Å². The number of H-pyrrole nitrogens is 1. The highest BCUT2D eigenvalue weighted by Gasteiger charge is 2.10. The summed E-state index contributed by atoms with van der Waals surface area (Å²) in [5.74, 6) is 1.48. The van der Waals surface area contributed by atoms with Crippen LogP contribution >= 0.6 is 7.14 Å². The summed E-state index contributed by atoms with van der Waals surface area (Å²) in [5.41, 5.74) is 3.33. The van der Waals surface area contributed by atoms with E-state index in [1.807, 2.05) is 36.4 Å². The highest BCUT2D eigenvalue weighted by molar-refractivity contribution is 7.70. The van der Waals surface area contributed by atoms with Gasteiger partial charge in [-0.3, -0.25) is 0 Å². The molecule has 2 aromatic carbocycles. The molecular weight excluding hydrogens is 381 g/mol. The molecule has 0 aliphatic rings. The van der Waals surface area contributed by atoms with Crippen LogP contribution in [0.4, 0.5) is 17.3 Å². The van der Waals surface area contributed by atoms with Crippen LogP contribution in [0.25, 0.3) is 10.9 Å². The van der Waals surface area contributed by atoms with Crippen LogP contribution in [0.5, 0.6) is 0 Å². The van der Waals surface area contributed by atoms with Gasteiger partial charge in [0.05, 0.1) is 0 Å². The van der Waals surface area contributed by atoms with Crippen molar-refractivity contribution in [3.05, 3.63) is 72.7 Å². The van der Waals surface area contributed by atoms with Crippen molar-refractivity contribution in [2.24, 2.45) is 0 Å². The number of para-hydroxylation sites is 1. The molecular formula is C22H24N5OP. The van der Waals surface area contributed by atoms with Gasteiger partial charge in [-0.15, -0.1) is 0 Å². The van der Waals surface area contributed by atoms with Crippen molar-refractivity contribution in [3.63, 3.8) is 0 Å². The normalized spacial score (nSPS) is 11.5. The Bertz CT molecular complexity index is 1160.